The second-order valence-electron chi connectivity index (χ2n) is 9.18. The summed E-state index contributed by atoms with van der Waals surface area (Å²) in [6.45, 7) is 0.669. The maximum absolute atomic E-state index is 11.1. The largest absolute Gasteiger partial charge is 0.497 e. The topological polar surface area (TPSA) is 97.4 Å². The van der Waals surface area contributed by atoms with Crippen molar-refractivity contribution in [1.29, 1.82) is 5.26 Å². The number of rotatable bonds is 11. The van der Waals surface area contributed by atoms with Gasteiger partial charge in [0.1, 0.15) is 23.1 Å². The molecule has 1 saturated carbocycles. The van der Waals surface area contributed by atoms with Crippen LogP contribution < -0.4 is 4.74 Å². The van der Waals surface area contributed by atoms with E-state index in [0.717, 1.165) is 58.8 Å². The number of aromatic nitrogens is 2. The summed E-state index contributed by atoms with van der Waals surface area (Å²) in [6, 6.07) is 20.2. The fraction of sp³-hybridized carbons (Fsp3) is 0.393. The van der Waals surface area contributed by atoms with Crippen LogP contribution >= 0.6 is 11.8 Å². The van der Waals surface area contributed by atoms with Crippen LogP contribution in [0.3, 0.4) is 0 Å². The Bertz CT molecular complexity index is 1210. The van der Waals surface area contributed by atoms with Crippen molar-refractivity contribution >= 4 is 17.7 Å². The molecule has 0 atom stereocenters. The minimum atomic E-state index is -0.961. The van der Waals surface area contributed by atoms with E-state index in [9.17, 15) is 10.1 Å². The Hall–Kier alpha value is -3.28. The number of hydrogen-bond acceptors (Lipinski definition) is 6. The standard InChI is InChI=1S/C28H31N3O4S/c1-34-23-12-8-11-22(17-23)25-26(21-9-4-2-5-10-21)30-31(27(25)36-16-15-29)19-28(13-6-3-7-14-28)20-35-18-24(32)33/h2,4-5,8-12,17H,3,6-7,13-14,16,18-20H2,1H3,(H,32,33). The van der Waals surface area contributed by atoms with Crippen molar-refractivity contribution in [2.24, 2.45) is 5.41 Å². The number of benzene rings is 2. The van der Waals surface area contributed by atoms with Crippen LogP contribution in [-0.4, -0.2) is 46.9 Å². The first-order chi connectivity index (χ1) is 17.5. The Labute approximate surface area is 216 Å². The van der Waals surface area contributed by atoms with E-state index in [1.165, 1.54) is 18.2 Å². The molecule has 2 aromatic carbocycles. The second-order valence-corrected chi connectivity index (χ2v) is 10.1. The normalized spacial score (nSPS) is 14.8. The highest BCUT2D eigenvalue weighted by atomic mass is 32.2. The molecule has 1 N–H and O–H groups in total. The lowest BCUT2D eigenvalue weighted by molar-refractivity contribution is -0.144. The molecular weight excluding hydrogens is 474 g/mol. The molecule has 0 spiro atoms. The highest BCUT2D eigenvalue weighted by Gasteiger charge is 2.35. The molecule has 8 heteroatoms. The number of nitrogens with zero attached hydrogens (tertiary/aromatic N) is 3. The maximum Gasteiger partial charge on any atom is 0.329 e. The van der Waals surface area contributed by atoms with Gasteiger partial charge in [-0.15, -0.1) is 0 Å². The predicted molar refractivity (Wildman–Crippen MR) is 140 cm³/mol. The predicted octanol–water partition coefficient (Wildman–Crippen LogP) is 5.89. The highest BCUT2D eigenvalue weighted by Crippen LogP contribution is 2.44. The van der Waals surface area contributed by atoms with Crippen molar-refractivity contribution in [2.45, 2.75) is 43.7 Å². The quantitative estimate of drug-likeness (QED) is 0.324. The zero-order valence-corrected chi connectivity index (χ0v) is 21.3. The van der Waals surface area contributed by atoms with Gasteiger partial charge in [0.05, 0.1) is 32.1 Å². The van der Waals surface area contributed by atoms with Gasteiger partial charge in [0.25, 0.3) is 0 Å². The molecule has 1 heterocycles. The third-order valence-electron chi connectivity index (χ3n) is 6.62. The number of ether oxygens (including phenoxy) is 2. The molecule has 0 bridgehead atoms. The molecule has 4 rings (SSSR count). The van der Waals surface area contributed by atoms with E-state index in [2.05, 4.69) is 6.07 Å². The van der Waals surface area contributed by atoms with Crippen LogP contribution in [0.4, 0.5) is 0 Å². The van der Waals surface area contributed by atoms with E-state index in [1.54, 1.807) is 7.11 Å². The van der Waals surface area contributed by atoms with Gasteiger partial charge in [-0.3, -0.25) is 4.68 Å². The van der Waals surface area contributed by atoms with Gasteiger partial charge in [0.2, 0.25) is 0 Å². The van der Waals surface area contributed by atoms with E-state index >= 15 is 0 Å². The van der Waals surface area contributed by atoms with Gasteiger partial charge in [-0.1, -0.05) is 73.5 Å². The molecule has 7 nitrogen and oxygen atoms in total. The van der Waals surface area contributed by atoms with Crippen LogP contribution in [0, 0.1) is 16.7 Å². The van der Waals surface area contributed by atoms with Gasteiger partial charge >= 0.3 is 5.97 Å². The van der Waals surface area contributed by atoms with Crippen LogP contribution in [0.2, 0.25) is 0 Å². The minimum absolute atomic E-state index is 0.207. The molecule has 188 valence electrons. The summed E-state index contributed by atoms with van der Waals surface area (Å²) in [5.41, 5.74) is 3.58. The molecule has 1 aliphatic carbocycles. The second kappa shape index (κ2) is 12.1. The summed E-state index contributed by atoms with van der Waals surface area (Å²) < 4.78 is 13.2. The molecule has 0 saturated heterocycles. The summed E-state index contributed by atoms with van der Waals surface area (Å²) in [6.07, 6.45) is 5.22. The number of methoxy groups -OCH3 is 1. The number of hydrogen-bond donors (Lipinski definition) is 1. The Morgan fingerprint density at radius 1 is 1.14 bits per heavy atom. The maximum atomic E-state index is 11.1. The first-order valence-electron chi connectivity index (χ1n) is 12.2. The number of nitriles is 1. The Morgan fingerprint density at radius 2 is 1.89 bits per heavy atom. The number of carboxylic acids is 1. The molecule has 0 radical (unpaired) electrons. The van der Waals surface area contributed by atoms with E-state index in [0.29, 0.717) is 18.9 Å². The Balaban J connectivity index is 1.83. The van der Waals surface area contributed by atoms with E-state index in [4.69, 9.17) is 19.7 Å². The monoisotopic (exact) mass is 505 g/mol. The molecule has 1 fully saturated rings. The molecule has 0 amide bonds. The van der Waals surface area contributed by atoms with Crippen molar-refractivity contribution < 1.29 is 19.4 Å². The van der Waals surface area contributed by atoms with E-state index < -0.39 is 5.97 Å². The van der Waals surface area contributed by atoms with Crippen molar-refractivity contribution in [3.05, 3.63) is 54.6 Å². The number of carbonyl (C=O) groups is 1. The average Bonchev–Trinajstić information content (AvgIpc) is 3.25. The fourth-order valence-corrected chi connectivity index (χ4v) is 5.77. The third-order valence-corrected chi connectivity index (χ3v) is 7.58. The van der Waals surface area contributed by atoms with E-state index in [-0.39, 0.29) is 12.0 Å². The minimum Gasteiger partial charge on any atom is -0.497 e. The summed E-state index contributed by atoms with van der Waals surface area (Å²) in [5.74, 6) is 0.0812. The lowest BCUT2D eigenvalue weighted by Gasteiger charge is -2.37. The Kier molecular flexibility index (Phi) is 8.68. The molecular formula is C28H31N3O4S. The summed E-state index contributed by atoms with van der Waals surface area (Å²) in [7, 11) is 1.65. The van der Waals surface area contributed by atoms with Gasteiger partial charge in [-0.25, -0.2) is 4.79 Å². The van der Waals surface area contributed by atoms with Crippen molar-refractivity contribution in [3.8, 4) is 34.2 Å². The van der Waals surface area contributed by atoms with Gasteiger partial charge in [-0.05, 0) is 30.5 Å². The molecule has 36 heavy (non-hydrogen) atoms. The average molecular weight is 506 g/mol. The van der Waals surface area contributed by atoms with Crippen LogP contribution in [0.15, 0.2) is 59.6 Å². The van der Waals surface area contributed by atoms with E-state index in [1.807, 2.05) is 59.3 Å². The molecule has 0 aliphatic heterocycles. The lowest BCUT2D eigenvalue weighted by atomic mass is 9.74. The SMILES string of the molecule is COc1cccc(-c2c(-c3ccccc3)nn(CC3(COCC(=O)O)CCCCC3)c2SCC#N)c1. The van der Waals surface area contributed by atoms with Crippen molar-refractivity contribution in [1.82, 2.24) is 9.78 Å². The Morgan fingerprint density at radius 3 is 2.58 bits per heavy atom. The highest BCUT2D eigenvalue weighted by molar-refractivity contribution is 7.99. The summed E-state index contributed by atoms with van der Waals surface area (Å²) in [5, 5.41) is 24.6. The molecule has 3 aromatic rings. The number of thioether (sulfide) groups is 1. The van der Waals surface area contributed by atoms with Crippen LogP contribution in [0.1, 0.15) is 32.1 Å². The summed E-state index contributed by atoms with van der Waals surface area (Å²) in [4.78, 5) is 11.1. The molecule has 1 aromatic heterocycles. The van der Waals surface area contributed by atoms with Gasteiger partial charge in [0, 0.05) is 16.5 Å². The summed E-state index contributed by atoms with van der Waals surface area (Å²) >= 11 is 1.48. The fourth-order valence-electron chi connectivity index (χ4n) is 4.96. The van der Waals surface area contributed by atoms with Crippen LogP contribution in [0.25, 0.3) is 22.4 Å². The first kappa shape index (κ1) is 25.8. The number of aliphatic carboxylic acids is 1. The number of carboxylic acid groups (broad SMARTS) is 1. The van der Waals surface area contributed by atoms with Crippen LogP contribution in [-0.2, 0) is 16.1 Å². The van der Waals surface area contributed by atoms with Crippen LogP contribution in [0.5, 0.6) is 5.75 Å². The van der Waals surface area contributed by atoms with Gasteiger partial charge in [-0.2, -0.15) is 10.4 Å². The zero-order valence-electron chi connectivity index (χ0n) is 20.5. The van der Waals surface area contributed by atoms with Gasteiger partial charge in [0.15, 0.2) is 0 Å². The zero-order chi connectivity index (χ0) is 25.4. The smallest absolute Gasteiger partial charge is 0.329 e. The molecule has 0 unspecified atom stereocenters. The van der Waals surface area contributed by atoms with Gasteiger partial charge < -0.3 is 14.6 Å². The van der Waals surface area contributed by atoms with Crippen molar-refractivity contribution in [2.75, 3.05) is 26.1 Å². The third kappa shape index (κ3) is 6.10. The first-order valence-corrected chi connectivity index (χ1v) is 13.1. The lowest BCUT2D eigenvalue weighted by Crippen LogP contribution is -2.35. The van der Waals surface area contributed by atoms with Crippen molar-refractivity contribution in [3.63, 3.8) is 0 Å². The molecule has 1 aliphatic rings.